The number of carbonyl (C=O) groups excluding carboxylic acids is 3. The summed E-state index contributed by atoms with van der Waals surface area (Å²) in [5, 5.41) is 12.9. The van der Waals surface area contributed by atoms with E-state index in [4.69, 9.17) is 16.3 Å². The number of likely N-dealkylation sites (tertiary alicyclic amines) is 1. The van der Waals surface area contributed by atoms with Crippen LogP contribution in [0.1, 0.15) is 23.8 Å². The lowest BCUT2D eigenvalue weighted by Gasteiger charge is -2.29. The highest BCUT2D eigenvalue weighted by atomic mass is 35.5. The van der Waals surface area contributed by atoms with Gasteiger partial charge in [-0.15, -0.1) is 0 Å². The van der Waals surface area contributed by atoms with Gasteiger partial charge in [-0.05, 0) is 31.5 Å². The summed E-state index contributed by atoms with van der Waals surface area (Å²) in [6, 6.07) is 3.41. The molecule has 1 aromatic heterocycles. The molecule has 18 heteroatoms. The molecule has 0 aliphatic carbocycles. The summed E-state index contributed by atoms with van der Waals surface area (Å²) in [6.07, 6.45) is -4.24. The van der Waals surface area contributed by atoms with Crippen LogP contribution in [0.2, 0.25) is 5.02 Å². The minimum absolute atomic E-state index is 0.0904. The Labute approximate surface area is 229 Å². The number of sulfonamides is 1. The van der Waals surface area contributed by atoms with Gasteiger partial charge in [0.15, 0.2) is 11.4 Å². The van der Waals surface area contributed by atoms with Crippen molar-refractivity contribution in [1.82, 2.24) is 19.5 Å². The molecule has 1 fully saturated rings. The normalized spacial score (nSPS) is 21.6. The molecule has 4 N–H and O–H groups in total. The van der Waals surface area contributed by atoms with Crippen molar-refractivity contribution in [3.05, 3.63) is 40.9 Å². The lowest BCUT2D eigenvalue weighted by Crippen LogP contribution is -2.60. The largest absolute Gasteiger partial charge is 0.488 e. The molecule has 0 bridgehead atoms. The third-order valence-electron chi connectivity index (χ3n) is 6.37. The Balaban J connectivity index is 1.54. The predicted molar refractivity (Wildman–Crippen MR) is 129 cm³/mol. The zero-order chi connectivity index (χ0) is 29.8. The van der Waals surface area contributed by atoms with Crippen LogP contribution in [-0.4, -0.2) is 77.8 Å². The number of nitrogens with zero attached hydrogens (tertiary/aromatic N) is 2. The van der Waals surface area contributed by atoms with Gasteiger partial charge in [-0.3, -0.25) is 14.4 Å². The van der Waals surface area contributed by atoms with Gasteiger partial charge in [0.05, 0.1) is 10.6 Å². The average Bonchev–Trinajstić information content (AvgIpc) is 3.37. The molecular weight excluding hydrogens is 590 g/mol. The number of ether oxygens (including phenoxy) is 1. The highest BCUT2D eigenvalue weighted by molar-refractivity contribution is 7.89. The summed E-state index contributed by atoms with van der Waals surface area (Å²) in [5.41, 5.74) is -5.27. The highest BCUT2D eigenvalue weighted by Crippen LogP contribution is 2.37. The lowest BCUT2D eigenvalue weighted by atomic mass is 10.0. The standard InChI is InChI=1S/C22H22ClF4N5O7S/c1-20(36,22(25,26)27)29-18(34)19(35)32-6-5-21(9-32)10-39-16-14(40(37,38)30-21)8-31(2)15(16)17(33)28-11-3-4-13(24)12(23)7-11/h3-4,7-8,30,36H,5-6,9-10H2,1-2H3,(H,28,33)(H,29,34)/t20?,21-/m1/s1. The van der Waals surface area contributed by atoms with Crippen molar-refractivity contribution in [3.8, 4) is 5.75 Å². The minimum atomic E-state index is -5.26. The SMILES string of the molecule is Cn1cc2c(c1C(=O)Nc1ccc(F)c(Cl)c1)OC[C@]1(CCN(C(=O)C(=O)NC(C)(O)C(F)(F)F)C1)NS2(=O)=O. The van der Waals surface area contributed by atoms with Crippen molar-refractivity contribution < 1.29 is 50.2 Å². The summed E-state index contributed by atoms with van der Waals surface area (Å²) >= 11 is 5.74. The lowest BCUT2D eigenvalue weighted by molar-refractivity contribution is -0.263. The van der Waals surface area contributed by atoms with Crippen LogP contribution < -0.4 is 20.1 Å². The van der Waals surface area contributed by atoms with Crippen LogP contribution in [-0.2, 0) is 26.7 Å². The number of aryl methyl sites for hydroxylation is 1. The summed E-state index contributed by atoms with van der Waals surface area (Å²) in [5.74, 6) is -5.03. The number of hydrogen-bond acceptors (Lipinski definition) is 7. The van der Waals surface area contributed by atoms with E-state index in [1.54, 1.807) is 0 Å². The molecule has 12 nitrogen and oxygen atoms in total. The molecule has 4 rings (SSSR count). The molecule has 0 radical (unpaired) electrons. The first-order chi connectivity index (χ1) is 18.4. The summed E-state index contributed by atoms with van der Waals surface area (Å²) in [4.78, 5) is 38.1. The van der Waals surface area contributed by atoms with Crippen molar-refractivity contribution in [2.24, 2.45) is 7.05 Å². The van der Waals surface area contributed by atoms with Crippen molar-refractivity contribution in [2.45, 2.75) is 35.7 Å². The van der Waals surface area contributed by atoms with Gasteiger partial charge < -0.3 is 29.9 Å². The molecule has 2 aliphatic heterocycles. The maximum atomic E-state index is 13.5. The number of aromatic nitrogens is 1. The van der Waals surface area contributed by atoms with Crippen LogP contribution in [0.3, 0.4) is 0 Å². The van der Waals surface area contributed by atoms with Crippen molar-refractivity contribution in [3.63, 3.8) is 0 Å². The first kappa shape index (κ1) is 29.6. The van der Waals surface area contributed by atoms with Crippen molar-refractivity contribution in [1.29, 1.82) is 0 Å². The molecule has 2 aromatic rings. The molecule has 1 saturated heterocycles. The number of anilines is 1. The van der Waals surface area contributed by atoms with E-state index in [0.717, 1.165) is 23.2 Å². The molecular formula is C22H22ClF4N5O7S. The Morgan fingerprint density at radius 2 is 1.93 bits per heavy atom. The number of amides is 3. The zero-order valence-electron chi connectivity index (χ0n) is 20.7. The van der Waals surface area contributed by atoms with Gasteiger partial charge in [0.1, 0.15) is 17.3 Å². The fraction of sp³-hybridized carbons (Fsp3) is 0.409. The van der Waals surface area contributed by atoms with E-state index in [9.17, 15) is 45.5 Å². The molecule has 218 valence electrons. The zero-order valence-corrected chi connectivity index (χ0v) is 22.3. The summed E-state index contributed by atoms with van der Waals surface area (Å²) < 4.78 is 88.0. The molecule has 3 amide bonds. The molecule has 40 heavy (non-hydrogen) atoms. The van der Waals surface area contributed by atoms with E-state index in [-0.39, 0.29) is 42.0 Å². The molecule has 2 atom stereocenters. The number of fused-ring (bicyclic) bond motifs is 1. The van der Waals surface area contributed by atoms with E-state index in [1.165, 1.54) is 23.0 Å². The Kier molecular flexibility index (Phi) is 7.32. The third kappa shape index (κ3) is 5.45. The summed E-state index contributed by atoms with van der Waals surface area (Å²) in [7, 11) is -2.99. The first-order valence-corrected chi connectivity index (χ1v) is 13.2. The summed E-state index contributed by atoms with van der Waals surface area (Å²) in [6.45, 7) is -0.855. The second kappa shape index (κ2) is 9.90. The molecule has 1 unspecified atom stereocenters. The van der Waals surface area contributed by atoms with Gasteiger partial charge >= 0.3 is 18.0 Å². The number of alkyl halides is 3. The van der Waals surface area contributed by atoms with E-state index in [2.05, 4.69) is 10.0 Å². The van der Waals surface area contributed by atoms with Crippen LogP contribution >= 0.6 is 11.6 Å². The van der Waals surface area contributed by atoms with E-state index >= 15 is 0 Å². The number of nitrogens with one attached hydrogen (secondary N) is 3. The van der Waals surface area contributed by atoms with Crippen LogP contribution in [0.15, 0.2) is 29.3 Å². The topological polar surface area (TPSA) is 159 Å². The Bertz CT molecular complexity index is 1510. The van der Waals surface area contributed by atoms with Gasteiger partial charge in [0.2, 0.25) is 15.7 Å². The third-order valence-corrected chi connectivity index (χ3v) is 8.23. The molecule has 1 aromatic carbocycles. The fourth-order valence-electron chi connectivity index (χ4n) is 4.25. The Hall–Kier alpha value is -3.41. The first-order valence-electron chi connectivity index (χ1n) is 11.4. The van der Waals surface area contributed by atoms with Crippen LogP contribution in [0.4, 0.5) is 23.2 Å². The minimum Gasteiger partial charge on any atom is -0.488 e. The van der Waals surface area contributed by atoms with Gasteiger partial charge in [0.25, 0.3) is 5.91 Å². The number of halogens is 5. The van der Waals surface area contributed by atoms with E-state index < -0.39 is 69.0 Å². The molecule has 3 heterocycles. The van der Waals surface area contributed by atoms with Crippen LogP contribution in [0, 0.1) is 5.82 Å². The maximum absolute atomic E-state index is 13.5. The van der Waals surface area contributed by atoms with Gasteiger partial charge in [-0.2, -0.15) is 17.9 Å². The predicted octanol–water partition coefficient (Wildman–Crippen LogP) is 1.10. The van der Waals surface area contributed by atoms with Crippen LogP contribution in [0.25, 0.3) is 0 Å². The van der Waals surface area contributed by atoms with E-state index in [0.29, 0.717) is 0 Å². The monoisotopic (exact) mass is 611 g/mol. The highest BCUT2D eigenvalue weighted by Gasteiger charge is 2.53. The quantitative estimate of drug-likeness (QED) is 0.230. The fourth-order valence-corrected chi connectivity index (χ4v) is 6.03. The maximum Gasteiger partial charge on any atom is 0.436 e. The second-order valence-corrected chi connectivity index (χ2v) is 11.6. The second-order valence-electron chi connectivity index (χ2n) is 9.54. The van der Waals surface area contributed by atoms with Gasteiger partial charge in [0, 0.05) is 32.0 Å². The molecule has 2 aliphatic rings. The number of carbonyl (C=O) groups is 3. The number of benzene rings is 1. The Morgan fingerprint density at radius 1 is 1.25 bits per heavy atom. The smallest absolute Gasteiger partial charge is 0.436 e. The molecule has 1 spiro atoms. The average molecular weight is 612 g/mol. The number of hydrogen-bond donors (Lipinski definition) is 4. The van der Waals surface area contributed by atoms with Crippen molar-refractivity contribution in [2.75, 3.05) is 25.0 Å². The molecule has 0 saturated carbocycles. The van der Waals surface area contributed by atoms with Gasteiger partial charge in [-0.25, -0.2) is 12.8 Å². The number of rotatable bonds is 3. The van der Waals surface area contributed by atoms with Crippen LogP contribution in [0.5, 0.6) is 5.75 Å². The Morgan fingerprint density at radius 3 is 2.55 bits per heavy atom. The van der Waals surface area contributed by atoms with E-state index in [1.807, 2.05) is 0 Å². The van der Waals surface area contributed by atoms with Gasteiger partial charge in [-0.1, -0.05) is 11.6 Å². The van der Waals surface area contributed by atoms with Crippen molar-refractivity contribution >= 4 is 45.0 Å². The number of aliphatic hydroxyl groups is 1.